The Kier molecular flexibility index (Phi) is 15.1. The fraction of sp³-hybridized carbons (Fsp3) is 0.939. The summed E-state index contributed by atoms with van der Waals surface area (Å²) in [5.74, 6) is -3.20. The highest BCUT2D eigenvalue weighted by molar-refractivity contribution is 5.85. The van der Waals surface area contributed by atoms with Gasteiger partial charge in [-0.3, -0.25) is 9.59 Å². The van der Waals surface area contributed by atoms with Gasteiger partial charge in [0.15, 0.2) is 18.7 Å². The summed E-state index contributed by atoms with van der Waals surface area (Å²) in [7, 11) is 0. The lowest BCUT2D eigenvalue weighted by Gasteiger charge is -2.47. The van der Waals surface area contributed by atoms with E-state index in [2.05, 4.69) is 0 Å². The molecule has 0 aromatic heterocycles. The Morgan fingerprint density at radius 1 is 0.553 bits per heavy atom. The standard InChI is InChI=1S/C33H56O14/c1-18-14-12-10-8-6-4-3-5-7-9-11-13-15-20-23(19(2)30(40)43-20)31(41)46-28-26(38)24(36)22(17-35)45-33(28)47-29-27(39)25(37)21(16-34)44-32(29)42-18/h18-29,32-39H,3-17H2,1-2H3/t18-,19-,20+,21-,22-,23+,24-,25-,26+,27+,28-,29-,32-,33+/m1/s1. The van der Waals surface area contributed by atoms with E-state index in [9.17, 15) is 40.2 Å². The van der Waals surface area contributed by atoms with Crippen LogP contribution < -0.4 is 0 Å². The second kappa shape index (κ2) is 18.5. The van der Waals surface area contributed by atoms with Crippen LogP contribution in [-0.4, -0.2) is 129 Å². The van der Waals surface area contributed by atoms with Crippen LogP contribution in [0.25, 0.3) is 0 Å². The fourth-order valence-corrected chi connectivity index (χ4v) is 7.03. The third kappa shape index (κ3) is 9.83. The minimum absolute atomic E-state index is 0.366. The summed E-state index contributed by atoms with van der Waals surface area (Å²) < 4.78 is 35.0. The molecule has 4 rings (SSSR count). The van der Waals surface area contributed by atoms with E-state index < -0.39 is 105 Å². The number of carbonyl (C=O) groups is 2. The number of rotatable bonds is 2. The molecule has 0 aromatic carbocycles. The van der Waals surface area contributed by atoms with Crippen LogP contribution in [0.2, 0.25) is 0 Å². The molecule has 0 radical (unpaired) electrons. The minimum Gasteiger partial charge on any atom is -0.461 e. The second-order valence-electron chi connectivity index (χ2n) is 13.6. The van der Waals surface area contributed by atoms with E-state index in [0.29, 0.717) is 12.8 Å². The van der Waals surface area contributed by atoms with Gasteiger partial charge in [-0.2, -0.15) is 0 Å². The van der Waals surface area contributed by atoms with E-state index >= 15 is 0 Å². The average Bonchev–Trinajstić information content (AvgIpc) is 3.33. The molecule has 4 aliphatic heterocycles. The predicted octanol–water partition coefficient (Wildman–Crippen LogP) is 0.829. The molecule has 0 spiro atoms. The third-order valence-corrected chi connectivity index (χ3v) is 10.0. The molecule has 14 nitrogen and oxygen atoms in total. The van der Waals surface area contributed by atoms with Crippen molar-refractivity contribution in [2.45, 2.75) is 171 Å². The Balaban J connectivity index is 1.59. The number of aliphatic hydroxyl groups excluding tert-OH is 6. The summed E-state index contributed by atoms with van der Waals surface area (Å²) >= 11 is 0. The molecule has 4 fully saturated rings. The van der Waals surface area contributed by atoms with Gasteiger partial charge >= 0.3 is 11.9 Å². The van der Waals surface area contributed by atoms with Crippen molar-refractivity contribution in [1.29, 1.82) is 0 Å². The average molecular weight is 677 g/mol. The topological polar surface area (TPSA) is 211 Å². The van der Waals surface area contributed by atoms with E-state index in [-0.39, 0.29) is 6.10 Å². The van der Waals surface area contributed by atoms with Crippen molar-refractivity contribution in [3.63, 3.8) is 0 Å². The molecule has 272 valence electrons. The second-order valence-corrected chi connectivity index (χ2v) is 13.6. The van der Waals surface area contributed by atoms with Gasteiger partial charge in [0.25, 0.3) is 0 Å². The van der Waals surface area contributed by atoms with E-state index in [1.165, 1.54) is 12.8 Å². The molecule has 14 heteroatoms. The van der Waals surface area contributed by atoms with Crippen LogP contribution in [-0.2, 0) is 38.0 Å². The number of hydrogen-bond donors (Lipinski definition) is 6. The highest BCUT2D eigenvalue weighted by Gasteiger charge is 2.54. The van der Waals surface area contributed by atoms with Gasteiger partial charge < -0.3 is 59.1 Å². The van der Waals surface area contributed by atoms with Gasteiger partial charge in [-0.1, -0.05) is 71.1 Å². The Labute approximate surface area is 276 Å². The smallest absolute Gasteiger partial charge is 0.314 e. The Morgan fingerprint density at radius 3 is 1.55 bits per heavy atom. The summed E-state index contributed by atoms with van der Waals surface area (Å²) in [5, 5.41) is 63.2. The quantitative estimate of drug-likeness (QED) is 0.224. The molecule has 0 amide bonds. The molecule has 0 saturated carbocycles. The van der Waals surface area contributed by atoms with Crippen LogP contribution in [0.3, 0.4) is 0 Å². The van der Waals surface area contributed by atoms with Crippen molar-refractivity contribution in [3.05, 3.63) is 0 Å². The summed E-state index contributed by atoms with van der Waals surface area (Å²) in [5.41, 5.74) is 0. The SMILES string of the molecule is C[C@@H]1CCCCCCCCCCCCC[C@@H]2OC(=O)[C@H](C)[C@@H]2C(=O)O[C@H]2[C@H](O[C@H]3[C@H](O1)O[C@H](CO)[C@@H](O)[C@@H]3O)O[C@H](CO)[C@@H](O)[C@@H]2O. The van der Waals surface area contributed by atoms with Crippen molar-refractivity contribution in [2.75, 3.05) is 13.2 Å². The third-order valence-electron chi connectivity index (χ3n) is 10.0. The molecule has 4 heterocycles. The van der Waals surface area contributed by atoms with Crippen molar-refractivity contribution >= 4 is 11.9 Å². The first-order chi connectivity index (χ1) is 22.6. The Hall–Kier alpha value is -1.46. The van der Waals surface area contributed by atoms with E-state index in [4.69, 9.17) is 28.4 Å². The molecular weight excluding hydrogens is 620 g/mol. The lowest BCUT2D eigenvalue weighted by molar-refractivity contribution is -0.371. The number of fused-ring (bicyclic) bond motifs is 3. The van der Waals surface area contributed by atoms with Gasteiger partial charge in [-0.05, 0) is 26.2 Å². The van der Waals surface area contributed by atoms with Crippen LogP contribution >= 0.6 is 0 Å². The van der Waals surface area contributed by atoms with Crippen molar-refractivity contribution in [3.8, 4) is 0 Å². The molecule has 0 aromatic rings. The zero-order chi connectivity index (χ0) is 34.1. The minimum atomic E-state index is -1.80. The number of ether oxygens (including phenoxy) is 6. The van der Waals surface area contributed by atoms with Gasteiger partial charge in [0.1, 0.15) is 54.7 Å². The molecular formula is C33H56O14. The molecule has 0 unspecified atom stereocenters. The molecule has 0 aliphatic carbocycles. The number of aliphatic hydroxyl groups is 6. The maximum Gasteiger partial charge on any atom is 0.314 e. The van der Waals surface area contributed by atoms with E-state index in [0.717, 1.165) is 57.8 Å². The summed E-state index contributed by atoms with van der Waals surface area (Å²) in [6, 6.07) is 0. The number of hydrogen-bond acceptors (Lipinski definition) is 14. The molecule has 4 aliphatic rings. The maximum absolute atomic E-state index is 13.7. The summed E-state index contributed by atoms with van der Waals surface area (Å²) in [6.07, 6.45) is -3.82. The van der Waals surface area contributed by atoms with Gasteiger partial charge in [0, 0.05) is 0 Å². The van der Waals surface area contributed by atoms with Crippen molar-refractivity contribution < 1.29 is 68.6 Å². The first-order valence-electron chi connectivity index (χ1n) is 17.5. The lowest BCUT2D eigenvalue weighted by atomic mass is 9.89. The first-order valence-corrected chi connectivity index (χ1v) is 17.5. The zero-order valence-corrected chi connectivity index (χ0v) is 27.6. The molecule has 0 bridgehead atoms. The molecule has 47 heavy (non-hydrogen) atoms. The monoisotopic (exact) mass is 676 g/mol. The molecule has 6 N–H and O–H groups in total. The first kappa shape index (κ1) is 38.3. The summed E-state index contributed by atoms with van der Waals surface area (Å²) in [6.45, 7) is 2.07. The van der Waals surface area contributed by atoms with Crippen LogP contribution in [0.1, 0.15) is 97.3 Å². The number of esters is 2. The van der Waals surface area contributed by atoms with E-state index in [1.807, 2.05) is 6.92 Å². The molecule has 4 saturated heterocycles. The number of carbonyl (C=O) groups excluding carboxylic acids is 2. The van der Waals surface area contributed by atoms with Crippen molar-refractivity contribution in [2.24, 2.45) is 11.8 Å². The normalized spacial score (nSPS) is 44.2. The van der Waals surface area contributed by atoms with Gasteiger partial charge in [0.2, 0.25) is 0 Å². The Bertz CT molecular complexity index is 968. The van der Waals surface area contributed by atoms with Crippen LogP contribution in [0.15, 0.2) is 0 Å². The highest BCUT2D eigenvalue weighted by Crippen LogP contribution is 2.36. The lowest BCUT2D eigenvalue weighted by Crippen LogP contribution is -2.65. The van der Waals surface area contributed by atoms with Crippen molar-refractivity contribution in [1.82, 2.24) is 0 Å². The summed E-state index contributed by atoms with van der Waals surface area (Å²) in [4.78, 5) is 26.2. The fourth-order valence-electron chi connectivity index (χ4n) is 7.03. The molecule has 14 atom stereocenters. The largest absolute Gasteiger partial charge is 0.461 e. The van der Waals surface area contributed by atoms with Gasteiger partial charge in [-0.25, -0.2) is 0 Å². The van der Waals surface area contributed by atoms with Gasteiger partial charge in [-0.15, -0.1) is 0 Å². The predicted molar refractivity (Wildman–Crippen MR) is 163 cm³/mol. The van der Waals surface area contributed by atoms with E-state index in [1.54, 1.807) is 6.92 Å². The van der Waals surface area contributed by atoms with Crippen LogP contribution in [0.5, 0.6) is 0 Å². The van der Waals surface area contributed by atoms with Crippen LogP contribution in [0, 0.1) is 11.8 Å². The van der Waals surface area contributed by atoms with Crippen LogP contribution in [0.4, 0.5) is 0 Å². The zero-order valence-electron chi connectivity index (χ0n) is 27.6. The highest BCUT2D eigenvalue weighted by atomic mass is 16.8. The Morgan fingerprint density at radius 2 is 1.02 bits per heavy atom. The van der Waals surface area contributed by atoms with Gasteiger partial charge in [0.05, 0.1) is 25.2 Å². The maximum atomic E-state index is 13.7.